The van der Waals surface area contributed by atoms with Crippen LogP contribution in [0.2, 0.25) is 0 Å². The van der Waals surface area contributed by atoms with Crippen molar-refractivity contribution >= 4 is 30.0 Å². The quantitative estimate of drug-likeness (QED) is 0.218. The number of nitrogens with two attached hydrogens (primary N) is 1. The number of hydrogen-bond donors (Lipinski definition) is 4. The third-order valence-electron chi connectivity index (χ3n) is 6.47. The summed E-state index contributed by atoms with van der Waals surface area (Å²) in [5, 5.41) is 16.5. The van der Waals surface area contributed by atoms with Gasteiger partial charge >= 0.3 is 0 Å². The number of rotatable bonds is 11. The Morgan fingerprint density at radius 3 is 2.50 bits per heavy atom. The summed E-state index contributed by atoms with van der Waals surface area (Å²) in [6.07, 6.45) is 8.96. The molecule has 3 amide bonds. The number of carbonyl (C=O) groups is 3. The zero-order valence-electron chi connectivity index (χ0n) is 20.8. The van der Waals surface area contributed by atoms with Crippen LogP contribution in [-0.2, 0) is 14.4 Å². The average molecular weight is 477 g/mol. The number of nitrogen functional groups attached to an aromatic ring is 1. The van der Waals surface area contributed by atoms with E-state index in [0.717, 1.165) is 25.7 Å². The third-order valence-corrected chi connectivity index (χ3v) is 6.47. The first kappa shape index (κ1) is 27.5. The molecule has 1 aromatic heterocycles. The first-order valence-electron chi connectivity index (χ1n) is 12.2. The van der Waals surface area contributed by atoms with E-state index in [4.69, 9.17) is 5.73 Å². The number of carbonyl (C=O) groups excluding carboxylic acids is 3. The Kier molecular flexibility index (Phi) is 10.2. The van der Waals surface area contributed by atoms with Crippen LogP contribution in [0, 0.1) is 17.3 Å². The lowest BCUT2D eigenvalue weighted by molar-refractivity contribution is -0.170. The minimum absolute atomic E-state index is 0.0543. The van der Waals surface area contributed by atoms with Crippen LogP contribution in [-0.4, -0.2) is 50.5 Å². The molecule has 3 atom stereocenters. The van der Waals surface area contributed by atoms with Crippen LogP contribution in [0.25, 0.3) is 0 Å². The van der Waals surface area contributed by atoms with Gasteiger partial charge in [0.05, 0.1) is 12.0 Å². The first-order valence-corrected chi connectivity index (χ1v) is 12.2. The molecule has 0 aliphatic heterocycles. The molecule has 1 heterocycles. The fourth-order valence-electron chi connectivity index (χ4n) is 4.65. The van der Waals surface area contributed by atoms with Gasteiger partial charge in [0.1, 0.15) is 11.9 Å². The molecule has 1 saturated carbocycles. The Morgan fingerprint density at radius 1 is 1.26 bits per heavy atom. The molecule has 1 aliphatic carbocycles. The molecular formula is C24H40N6O4. The van der Waals surface area contributed by atoms with E-state index in [9.17, 15) is 19.6 Å². The highest BCUT2D eigenvalue weighted by Crippen LogP contribution is 2.33. The van der Waals surface area contributed by atoms with Crippen molar-refractivity contribution in [1.82, 2.24) is 20.3 Å². The van der Waals surface area contributed by atoms with Gasteiger partial charge in [0.25, 0.3) is 0 Å². The van der Waals surface area contributed by atoms with Crippen molar-refractivity contribution in [2.45, 2.75) is 91.1 Å². The predicted molar refractivity (Wildman–Crippen MR) is 130 cm³/mol. The number of nitrogens with one attached hydrogen (secondary N) is 2. The molecular weight excluding hydrogens is 436 g/mol. The maximum atomic E-state index is 13.6. The standard InChI is InChI=1S/C24H40N6O4/c1-5-9-18(30(34)15-31)17(14-16-10-7-6-8-11-16)21(32)28-20(24(2,3)4)22(33)29-23-26-13-12-19(25)27-23/h12-13,15-18,20,34H,5-11,14H2,1-4H3,(H,28,32)(H3,25,26,27,29,33)/t17-,18-,20+/m0/s1. The number of aromatic nitrogens is 2. The largest absolute Gasteiger partial charge is 0.384 e. The molecule has 1 fully saturated rings. The van der Waals surface area contributed by atoms with Gasteiger partial charge in [-0.1, -0.05) is 66.2 Å². The van der Waals surface area contributed by atoms with Gasteiger partial charge in [-0.25, -0.2) is 10.0 Å². The lowest BCUT2D eigenvalue weighted by Crippen LogP contribution is -2.55. The Balaban J connectivity index is 2.27. The van der Waals surface area contributed by atoms with E-state index in [2.05, 4.69) is 20.6 Å². The summed E-state index contributed by atoms with van der Waals surface area (Å²) >= 11 is 0. The summed E-state index contributed by atoms with van der Waals surface area (Å²) < 4.78 is 0. The van der Waals surface area contributed by atoms with E-state index < -0.39 is 29.3 Å². The third kappa shape index (κ3) is 7.93. The molecule has 0 radical (unpaired) electrons. The maximum absolute atomic E-state index is 13.6. The van der Waals surface area contributed by atoms with E-state index in [1.54, 1.807) is 0 Å². The highest BCUT2D eigenvalue weighted by molar-refractivity contribution is 5.97. The highest BCUT2D eigenvalue weighted by atomic mass is 16.5. The average Bonchev–Trinajstić information content (AvgIpc) is 2.79. The first-order chi connectivity index (χ1) is 16.1. The number of hydrogen-bond acceptors (Lipinski definition) is 7. The molecule has 5 N–H and O–H groups in total. The number of amides is 3. The Labute approximate surface area is 202 Å². The van der Waals surface area contributed by atoms with Gasteiger partial charge in [-0.3, -0.25) is 24.9 Å². The van der Waals surface area contributed by atoms with E-state index >= 15 is 0 Å². The van der Waals surface area contributed by atoms with E-state index in [1.807, 2.05) is 27.7 Å². The molecule has 1 aliphatic rings. The maximum Gasteiger partial charge on any atom is 0.249 e. The zero-order chi connectivity index (χ0) is 25.3. The van der Waals surface area contributed by atoms with Crippen LogP contribution in [0.15, 0.2) is 12.3 Å². The summed E-state index contributed by atoms with van der Waals surface area (Å²) in [5.41, 5.74) is 5.05. The summed E-state index contributed by atoms with van der Waals surface area (Å²) in [6, 6.07) is -0.0503. The second kappa shape index (κ2) is 12.6. The van der Waals surface area contributed by atoms with Crippen LogP contribution < -0.4 is 16.4 Å². The molecule has 34 heavy (non-hydrogen) atoms. The molecule has 1 aromatic rings. The second-order valence-electron chi connectivity index (χ2n) is 10.3. The molecule has 0 bridgehead atoms. The molecule has 190 valence electrons. The smallest absolute Gasteiger partial charge is 0.249 e. The summed E-state index contributed by atoms with van der Waals surface area (Å²) in [5.74, 6) is -0.849. The van der Waals surface area contributed by atoms with Gasteiger partial charge in [0.15, 0.2) is 0 Å². The molecule has 0 unspecified atom stereocenters. The normalized spacial score (nSPS) is 17.3. The number of anilines is 2. The SMILES string of the molecule is CCC[C@@H]([C@H](CC1CCCCC1)C(=O)N[C@H](C(=O)Nc1nccc(N)n1)C(C)(C)C)N(O)C=O. The molecule has 0 aromatic carbocycles. The molecule has 2 rings (SSSR count). The molecule has 10 nitrogen and oxygen atoms in total. The molecule has 10 heteroatoms. The van der Waals surface area contributed by atoms with Crippen molar-refractivity contribution in [3.05, 3.63) is 12.3 Å². The van der Waals surface area contributed by atoms with Gasteiger partial charge in [0.2, 0.25) is 24.2 Å². The van der Waals surface area contributed by atoms with Crippen molar-refractivity contribution in [2.75, 3.05) is 11.1 Å². The van der Waals surface area contributed by atoms with Gasteiger partial charge < -0.3 is 11.1 Å². The van der Waals surface area contributed by atoms with Crippen LogP contribution in [0.1, 0.15) is 79.1 Å². The summed E-state index contributed by atoms with van der Waals surface area (Å²) in [6.45, 7) is 7.49. The summed E-state index contributed by atoms with van der Waals surface area (Å²) in [4.78, 5) is 46.2. The highest BCUT2D eigenvalue weighted by Gasteiger charge is 2.39. The lowest BCUT2D eigenvalue weighted by Gasteiger charge is -2.36. The van der Waals surface area contributed by atoms with Crippen molar-refractivity contribution in [1.29, 1.82) is 0 Å². The van der Waals surface area contributed by atoms with Crippen LogP contribution in [0.3, 0.4) is 0 Å². The van der Waals surface area contributed by atoms with Crippen molar-refractivity contribution in [2.24, 2.45) is 17.3 Å². The van der Waals surface area contributed by atoms with Crippen molar-refractivity contribution in [3.63, 3.8) is 0 Å². The number of hydroxylamine groups is 2. The molecule has 0 spiro atoms. The topological polar surface area (TPSA) is 151 Å². The predicted octanol–water partition coefficient (Wildman–Crippen LogP) is 3.13. The van der Waals surface area contributed by atoms with Gasteiger partial charge in [0, 0.05) is 6.20 Å². The van der Waals surface area contributed by atoms with Gasteiger partial charge in [-0.15, -0.1) is 0 Å². The van der Waals surface area contributed by atoms with Gasteiger partial charge in [-0.05, 0) is 30.2 Å². The van der Waals surface area contributed by atoms with Crippen molar-refractivity contribution in [3.8, 4) is 0 Å². The van der Waals surface area contributed by atoms with Crippen LogP contribution in [0.4, 0.5) is 11.8 Å². The molecule has 0 saturated heterocycles. The fourth-order valence-corrected chi connectivity index (χ4v) is 4.65. The Hall–Kier alpha value is -2.75. The van der Waals surface area contributed by atoms with Crippen LogP contribution in [0.5, 0.6) is 0 Å². The minimum atomic E-state index is -0.899. The van der Waals surface area contributed by atoms with E-state index in [-0.39, 0.29) is 17.7 Å². The number of nitrogens with zero attached hydrogens (tertiary/aromatic N) is 3. The van der Waals surface area contributed by atoms with E-state index in [1.165, 1.54) is 18.7 Å². The van der Waals surface area contributed by atoms with Crippen LogP contribution >= 0.6 is 0 Å². The van der Waals surface area contributed by atoms with E-state index in [0.29, 0.717) is 36.7 Å². The Morgan fingerprint density at radius 2 is 1.94 bits per heavy atom. The fraction of sp³-hybridized carbons (Fsp3) is 0.708. The Bertz CT molecular complexity index is 822. The van der Waals surface area contributed by atoms with Crippen molar-refractivity contribution < 1.29 is 19.6 Å². The monoisotopic (exact) mass is 476 g/mol. The summed E-state index contributed by atoms with van der Waals surface area (Å²) in [7, 11) is 0. The second-order valence-corrected chi connectivity index (χ2v) is 10.3. The van der Waals surface area contributed by atoms with Gasteiger partial charge in [-0.2, -0.15) is 4.98 Å². The zero-order valence-corrected chi connectivity index (χ0v) is 20.8. The lowest BCUT2D eigenvalue weighted by atomic mass is 9.78. The minimum Gasteiger partial charge on any atom is -0.384 e.